The van der Waals surface area contributed by atoms with Crippen molar-refractivity contribution in [3.63, 3.8) is 0 Å². The van der Waals surface area contributed by atoms with Gasteiger partial charge in [-0.1, -0.05) is 63.4 Å². The fraction of sp³-hybridized carbons (Fsp3) is 0.381. The molecule has 0 radical (unpaired) electrons. The van der Waals surface area contributed by atoms with Crippen LogP contribution in [0.5, 0.6) is 5.75 Å². The molecule has 4 nitrogen and oxygen atoms in total. The minimum atomic E-state index is -3.57. The van der Waals surface area contributed by atoms with Crippen LogP contribution in [-0.4, -0.2) is 23.8 Å². The smallest absolute Gasteiger partial charge is 0.199 e. The molecule has 1 unspecified atom stereocenters. The zero-order valence-electron chi connectivity index (χ0n) is 15.4. The van der Waals surface area contributed by atoms with Crippen molar-refractivity contribution in [2.45, 2.75) is 51.2 Å². The van der Waals surface area contributed by atoms with E-state index in [1.165, 1.54) is 12.1 Å². The average Bonchev–Trinajstić information content (AvgIpc) is 2.65. The average molecular weight is 374 g/mol. The lowest BCUT2D eigenvalue weighted by Gasteiger charge is -2.18. The number of phenols is 1. The Hall–Kier alpha value is -2.14. The third-order valence-electron chi connectivity index (χ3n) is 4.30. The van der Waals surface area contributed by atoms with Crippen LogP contribution in [0.25, 0.3) is 0 Å². The summed E-state index contributed by atoms with van der Waals surface area (Å²) in [7, 11) is -3.57. The van der Waals surface area contributed by atoms with Crippen LogP contribution >= 0.6 is 0 Å². The molecule has 0 amide bonds. The molecule has 2 rings (SSSR count). The van der Waals surface area contributed by atoms with E-state index in [-0.39, 0.29) is 10.8 Å². The molecule has 2 aromatic rings. The maximum atomic E-state index is 13.4. The first-order valence-corrected chi connectivity index (χ1v) is 10.7. The molecule has 5 heteroatoms. The van der Waals surface area contributed by atoms with Gasteiger partial charge in [-0.05, 0) is 37.1 Å². The second-order valence-electron chi connectivity index (χ2n) is 6.40. The molecule has 140 valence electrons. The van der Waals surface area contributed by atoms with Gasteiger partial charge in [-0.2, -0.15) is 0 Å². The van der Waals surface area contributed by atoms with Crippen molar-refractivity contribution in [2.24, 2.45) is 4.99 Å². The highest BCUT2D eigenvalue weighted by atomic mass is 32.2. The molecule has 0 aliphatic heterocycles. The van der Waals surface area contributed by atoms with Crippen LogP contribution in [0, 0.1) is 0 Å². The fourth-order valence-electron chi connectivity index (χ4n) is 2.88. The van der Waals surface area contributed by atoms with Crippen LogP contribution in [0.3, 0.4) is 0 Å². The predicted octanol–water partition coefficient (Wildman–Crippen LogP) is 5.24. The number of nitrogens with zero attached hydrogens (tertiary/aromatic N) is 1. The molecule has 0 fully saturated rings. The summed E-state index contributed by atoms with van der Waals surface area (Å²) in [5.41, 5.74) is 1.11. The summed E-state index contributed by atoms with van der Waals surface area (Å²) in [5, 5.41) is 9.14. The quantitative estimate of drug-likeness (QED) is 0.508. The molecule has 26 heavy (non-hydrogen) atoms. The van der Waals surface area contributed by atoms with Crippen LogP contribution in [0.15, 0.2) is 59.6 Å². The van der Waals surface area contributed by atoms with Crippen molar-refractivity contribution in [2.75, 3.05) is 0 Å². The maximum absolute atomic E-state index is 13.4. The standard InChI is InChI=1S/C21H27NO3S/c1-3-5-12-20(9-4-2)26(24,25)21(17-10-7-6-8-11-17)22-18-13-15-19(23)16-14-18/h6-8,10-11,13-16,20,23H,3-5,9,12H2,1-2H3. The molecular formula is C21H27NO3S. The normalized spacial score (nSPS) is 13.5. The van der Waals surface area contributed by atoms with Crippen molar-refractivity contribution in [3.8, 4) is 5.75 Å². The molecule has 1 atom stereocenters. The Kier molecular flexibility index (Phi) is 7.39. The lowest BCUT2D eigenvalue weighted by Crippen LogP contribution is -2.29. The Morgan fingerprint density at radius 1 is 0.962 bits per heavy atom. The van der Waals surface area contributed by atoms with E-state index in [9.17, 15) is 13.5 Å². The third-order valence-corrected chi connectivity index (χ3v) is 6.51. The van der Waals surface area contributed by atoms with Gasteiger partial charge in [0.2, 0.25) is 0 Å². The molecule has 1 N–H and O–H groups in total. The highest BCUT2D eigenvalue weighted by Crippen LogP contribution is 2.25. The van der Waals surface area contributed by atoms with E-state index >= 15 is 0 Å². The van der Waals surface area contributed by atoms with Crippen molar-refractivity contribution < 1.29 is 13.5 Å². The van der Waals surface area contributed by atoms with Crippen molar-refractivity contribution >= 4 is 20.6 Å². The maximum Gasteiger partial charge on any atom is 0.199 e. The van der Waals surface area contributed by atoms with Gasteiger partial charge in [0.1, 0.15) is 5.75 Å². The molecule has 0 aliphatic rings. The Morgan fingerprint density at radius 2 is 1.62 bits per heavy atom. The van der Waals surface area contributed by atoms with E-state index in [0.29, 0.717) is 24.1 Å². The van der Waals surface area contributed by atoms with Crippen LogP contribution in [0.4, 0.5) is 5.69 Å². The molecular weight excluding hydrogens is 346 g/mol. The van der Waals surface area contributed by atoms with Crippen molar-refractivity contribution in [1.82, 2.24) is 0 Å². The summed E-state index contributed by atoms with van der Waals surface area (Å²) in [5.74, 6) is 0.125. The summed E-state index contributed by atoms with van der Waals surface area (Å²) < 4.78 is 26.8. The van der Waals surface area contributed by atoms with E-state index < -0.39 is 15.1 Å². The summed E-state index contributed by atoms with van der Waals surface area (Å²) >= 11 is 0. The van der Waals surface area contributed by atoms with Crippen LogP contribution < -0.4 is 0 Å². The first kappa shape index (κ1) is 20.2. The van der Waals surface area contributed by atoms with Gasteiger partial charge in [0.15, 0.2) is 14.9 Å². The number of sulfone groups is 1. The van der Waals surface area contributed by atoms with E-state index in [1.807, 2.05) is 25.1 Å². The molecule has 0 spiro atoms. The Labute approximate surface area is 156 Å². The minimum absolute atomic E-state index is 0.110. The summed E-state index contributed by atoms with van der Waals surface area (Å²) in [6, 6.07) is 15.3. The van der Waals surface area contributed by atoms with Gasteiger partial charge in [0, 0.05) is 5.56 Å². The number of hydrogen-bond donors (Lipinski definition) is 1. The fourth-order valence-corrected chi connectivity index (χ4v) is 4.92. The second-order valence-corrected chi connectivity index (χ2v) is 8.54. The van der Waals surface area contributed by atoms with E-state index in [2.05, 4.69) is 11.9 Å². The van der Waals surface area contributed by atoms with Gasteiger partial charge < -0.3 is 5.11 Å². The van der Waals surface area contributed by atoms with Crippen LogP contribution in [0.2, 0.25) is 0 Å². The van der Waals surface area contributed by atoms with Gasteiger partial charge in [-0.3, -0.25) is 0 Å². The first-order chi connectivity index (χ1) is 12.5. The van der Waals surface area contributed by atoms with Gasteiger partial charge in [0.25, 0.3) is 0 Å². The van der Waals surface area contributed by atoms with Crippen molar-refractivity contribution in [3.05, 3.63) is 60.2 Å². The molecule has 0 aromatic heterocycles. The molecule has 0 bridgehead atoms. The van der Waals surface area contributed by atoms with E-state index in [0.717, 1.165) is 19.3 Å². The first-order valence-electron chi connectivity index (χ1n) is 9.16. The highest BCUT2D eigenvalue weighted by molar-refractivity contribution is 8.07. The predicted molar refractivity (Wildman–Crippen MR) is 108 cm³/mol. The number of aromatic hydroxyl groups is 1. The number of phenolic OH excluding ortho intramolecular Hbond substituents is 1. The number of aliphatic imine (C=N–C) groups is 1. The molecule has 0 heterocycles. The zero-order chi connectivity index (χ0) is 19.0. The summed E-state index contributed by atoms with van der Waals surface area (Å²) in [4.78, 5) is 4.47. The largest absolute Gasteiger partial charge is 0.508 e. The van der Waals surface area contributed by atoms with Crippen LogP contribution in [-0.2, 0) is 9.84 Å². The molecule has 0 saturated heterocycles. The van der Waals surface area contributed by atoms with E-state index in [1.54, 1.807) is 24.3 Å². The highest BCUT2D eigenvalue weighted by Gasteiger charge is 2.31. The monoisotopic (exact) mass is 373 g/mol. The molecule has 0 aliphatic carbocycles. The number of hydrogen-bond acceptors (Lipinski definition) is 4. The lowest BCUT2D eigenvalue weighted by atomic mass is 10.1. The number of rotatable bonds is 8. The topological polar surface area (TPSA) is 66.7 Å². The summed E-state index contributed by atoms with van der Waals surface area (Å²) in [6.07, 6.45) is 3.93. The van der Waals surface area contributed by atoms with Gasteiger partial charge in [-0.25, -0.2) is 13.4 Å². The Morgan fingerprint density at radius 3 is 2.19 bits per heavy atom. The number of unbranched alkanes of at least 4 members (excludes halogenated alkanes) is 1. The Bertz CT molecular complexity index is 812. The number of benzene rings is 2. The lowest BCUT2D eigenvalue weighted by molar-refractivity contribution is 0.475. The van der Waals surface area contributed by atoms with Gasteiger partial charge >= 0.3 is 0 Å². The third kappa shape index (κ3) is 5.18. The zero-order valence-corrected chi connectivity index (χ0v) is 16.2. The van der Waals surface area contributed by atoms with Crippen molar-refractivity contribution in [1.29, 1.82) is 0 Å². The van der Waals surface area contributed by atoms with E-state index in [4.69, 9.17) is 0 Å². The Balaban J connectivity index is 2.53. The van der Waals surface area contributed by atoms with Gasteiger partial charge in [0.05, 0.1) is 10.9 Å². The minimum Gasteiger partial charge on any atom is -0.508 e. The SMILES string of the molecule is CCCCC(CCC)S(=O)(=O)C(=Nc1ccc(O)cc1)c1ccccc1. The van der Waals surface area contributed by atoms with Crippen LogP contribution in [0.1, 0.15) is 51.5 Å². The van der Waals surface area contributed by atoms with Gasteiger partial charge in [-0.15, -0.1) is 0 Å². The second kappa shape index (κ2) is 9.53. The summed E-state index contributed by atoms with van der Waals surface area (Å²) in [6.45, 7) is 4.08. The molecule has 0 saturated carbocycles. The molecule has 2 aromatic carbocycles.